The van der Waals surface area contributed by atoms with Crippen molar-refractivity contribution in [3.63, 3.8) is 0 Å². The van der Waals surface area contributed by atoms with E-state index in [-0.39, 0.29) is 5.56 Å². The molecule has 1 heterocycles. The molecule has 1 N–H and O–H groups in total. The Morgan fingerprint density at radius 3 is 2.22 bits per heavy atom. The third-order valence-corrected chi connectivity index (χ3v) is 4.73. The largest absolute Gasteiger partial charge is 0.372 e. The number of aromatic amines is 1. The topological polar surface area (TPSA) is 53.4 Å². The van der Waals surface area contributed by atoms with Crippen LogP contribution < -0.4 is 10.5 Å². The van der Waals surface area contributed by atoms with Crippen LogP contribution in [0.15, 0.2) is 58.3 Å². The van der Waals surface area contributed by atoms with E-state index < -0.39 is 0 Å². The molecule has 0 bridgehead atoms. The third kappa shape index (κ3) is 4.03. The highest BCUT2D eigenvalue weighted by Crippen LogP contribution is 2.19. The highest BCUT2D eigenvalue weighted by atomic mass is 16.1. The number of hydrogen-bond acceptors (Lipinski definition) is 3. The van der Waals surface area contributed by atoms with Crippen molar-refractivity contribution in [2.45, 2.75) is 27.7 Å². The molecular formula is C22H26N4O. The van der Waals surface area contributed by atoms with Crippen molar-refractivity contribution in [2.24, 2.45) is 4.99 Å². The molecule has 3 rings (SSSR count). The van der Waals surface area contributed by atoms with Crippen molar-refractivity contribution in [1.82, 2.24) is 9.78 Å². The van der Waals surface area contributed by atoms with Gasteiger partial charge in [0.05, 0.1) is 16.9 Å². The molecule has 2 aromatic carbocycles. The minimum atomic E-state index is -0.0973. The zero-order valence-corrected chi connectivity index (χ0v) is 16.4. The standard InChI is InChI=1S/C22H26N4O/c1-5-25(6-2)19-13-9-18(10-14-19)23-15-21-17(4)24-26(22(21)27)20-11-7-16(3)8-12-20/h7-15,24H,5-6H2,1-4H3. The van der Waals surface area contributed by atoms with Gasteiger partial charge in [0, 0.05) is 30.7 Å². The minimum Gasteiger partial charge on any atom is -0.372 e. The first-order valence-electron chi connectivity index (χ1n) is 9.31. The molecule has 0 saturated carbocycles. The molecule has 140 valence electrons. The van der Waals surface area contributed by atoms with Crippen LogP contribution in [0.5, 0.6) is 0 Å². The van der Waals surface area contributed by atoms with E-state index in [0.29, 0.717) is 5.56 Å². The molecular weight excluding hydrogens is 336 g/mol. The van der Waals surface area contributed by atoms with E-state index >= 15 is 0 Å². The maximum absolute atomic E-state index is 12.8. The van der Waals surface area contributed by atoms with Crippen LogP contribution in [0.25, 0.3) is 5.69 Å². The van der Waals surface area contributed by atoms with Crippen LogP contribution in [0.4, 0.5) is 11.4 Å². The Labute approximate surface area is 160 Å². The van der Waals surface area contributed by atoms with Gasteiger partial charge in [-0.1, -0.05) is 17.7 Å². The summed E-state index contributed by atoms with van der Waals surface area (Å²) in [5, 5.41) is 3.13. The van der Waals surface area contributed by atoms with Gasteiger partial charge in [0.25, 0.3) is 5.56 Å². The van der Waals surface area contributed by atoms with Gasteiger partial charge in [-0.05, 0) is 64.1 Å². The predicted octanol–water partition coefficient (Wildman–Crippen LogP) is 4.38. The maximum atomic E-state index is 12.8. The highest BCUT2D eigenvalue weighted by molar-refractivity contribution is 5.83. The molecule has 0 aliphatic carbocycles. The first-order chi connectivity index (χ1) is 13.0. The number of aromatic nitrogens is 2. The van der Waals surface area contributed by atoms with Gasteiger partial charge >= 0.3 is 0 Å². The number of anilines is 1. The van der Waals surface area contributed by atoms with Gasteiger partial charge in [-0.15, -0.1) is 0 Å². The normalized spacial score (nSPS) is 11.3. The van der Waals surface area contributed by atoms with Crippen LogP contribution in [-0.2, 0) is 0 Å². The summed E-state index contributed by atoms with van der Waals surface area (Å²) in [6.07, 6.45) is 1.64. The van der Waals surface area contributed by atoms with E-state index in [2.05, 4.69) is 41.0 Å². The molecule has 0 aliphatic heterocycles. The summed E-state index contributed by atoms with van der Waals surface area (Å²) in [5.74, 6) is 0. The van der Waals surface area contributed by atoms with Crippen molar-refractivity contribution in [3.8, 4) is 5.69 Å². The first kappa shape index (κ1) is 18.7. The van der Waals surface area contributed by atoms with Crippen molar-refractivity contribution in [1.29, 1.82) is 0 Å². The third-order valence-electron chi connectivity index (χ3n) is 4.73. The van der Waals surface area contributed by atoms with Gasteiger partial charge in [-0.2, -0.15) is 0 Å². The number of hydrogen-bond donors (Lipinski definition) is 1. The zero-order chi connectivity index (χ0) is 19.4. The fraction of sp³-hybridized carbons (Fsp3) is 0.273. The number of nitrogens with one attached hydrogen (secondary N) is 1. The van der Waals surface area contributed by atoms with Crippen molar-refractivity contribution in [3.05, 3.63) is 75.7 Å². The molecule has 0 amide bonds. The summed E-state index contributed by atoms with van der Waals surface area (Å²) in [5.41, 5.74) is 5.25. The van der Waals surface area contributed by atoms with Crippen LogP contribution in [0.1, 0.15) is 30.7 Å². The second-order valence-corrected chi connectivity index (χ2v) is 6.57. The Morgan fingerprint density at radius 2 is 1.63 bits per heavy atom. The molecule has 0 saturated heterocycles. The molecule has 1 aromatic heterocycles. The second kappa shape index (κ2) is 8.08. The number of aryl methyl sites for hydroxylation is 2. The van der Waals surface area contributed by atoms with Crippen LogP contribution in [0.3, 0.4) is 0 Å². The predicted molar refractivity (Wildman–Crippen MR) is 113 cm³/mol. The lowest BCUT2D eigenvalue weighted by atomic mass is 10.2. The van der Waals surface area contributed by atoms with E-state index in [1.807, 2.05) is 50.2 Å². The SMILES string of the molecule is CCN(CC)c1ccc(N=Cc2c(C)[nH]n(-c3ccc(C)cc3)c2=O)cc1. The van der Waals surface area contributed by atoms with Crippen LogP contribution in [0, 0.1) is 13.8 Å². The lowest BCUT2D eigenvalue weighted by Gasteiger charge is -2.20. The fourth-order valence-electron chi connectivity index (χ4n) is 3.06. The van der Waals surface area contributed by atoms with Gasteiger partial charge in [0.2, 0.25) is 0 Å². The van der Waals surface area contributed by atoms with E-state index in [9.17, 15) is 4.79 Å². The molecule has 0 aliphatic rings. The monoisotopic (exact) mass is 362 g/mol. The molecule has 0 atom stereocenters. The van der Waals surface area contributed by atoms with Gasteiger partial charge in [-0.3, -0.25) is 14.9 Å². The molecule has 5 nitrogen and oxygen atoms in total. The number of aliphatic imine (C=N–C) groups is 1. The fourth-order valence-corrected chi connectivity index (χ4v) is 3.06. The summed E-state index contributed by atoms with van der Waals surface area (Å²) in [6.45, 7) is 10.1. The van der Waals surface area contributed by atoms with E-state index in [1.165, 1.54) is 5.69 Å². The first-order valence-corrected chi connectivity index (χ1v) is 9.31. The Kier molecular flexibility index (Phi) is 5.60. The molecule has 0 radical (unpaired) electrons. The number of nitrogens with zero attached hydrogens (tertiary/aromatic N) is 3. The second-order valence-electron chi connectivity index (χ2n) is 6.57. The molecule has 3 aromatic rings. The van der Waals surface area contributed by atoms with Crippen molar-refractivity contribution >= 4 is 17.6 Å². The number of benzene rings is 2. The van der Waals surface area contributed by atoms with Crippen molar-refractivity contribution in [2.75, 3.05) is 18.0 Å². The van der Waals surface area contributed by atoms with Gasteiger partial charge in [0.15, 0.2) is 0 Å². The van der Waals surface area contributed by atoms with E-state index in [4.69, 9.17) is 0 Å². The minimum absolute atomic E-state index is 0.0973. The Bertz CT molecular complexity index is 975. The maximum Gasteiger partial charge on any atom is 0.280 e. The summed E-state index contributed by atoms with van der Waals surface area (Å²) in [6, 6.07) is 15.9. The summed E-state index contributed by atoms with van der Waals surface area (Å²) >= 11 is 0. The summed E-state index contributed by atoms with van der Waals surface area (Å²) in [4.78, 5) is 19.5. The molecule has 0 fully saturated rings. The average Bonchev–Trinajstić information content (AvgIpc) is 2.96. The van der Waals surface area contributed by atoms with E-state index in [0.717, 1.165) is 35.7 Å². The quantitative estimate of drug-likeness (QED) is 0.662. The Balaban J connectivity index is 1.85. The Hall–Kier alpha value is -3.08. The number of rotatable bonds is 6. The van der Waals surface area contributed by atoms with Crippen LogP contribution in [0.2, 0.25) is 0 Å². The van der Waals surface area contributed by atoms with Gasteiger partial charge in [-0.25, -0.2) is 4.68 Å². The molecule has 5 heteroatoms. The molecule has 0 unspecified atom stereocenters. The zero-order valence-electron chi connectivity index (χ0n) is 16.4. The van der Waals surface area contributed by atoms with Gasteiger partial charge in [0.1, 0.15) is 0 Å². The lowest BCUT2D eigenvalue weighted by molar-refractivity contribution is 0.835. The van der Waals surface area contributed by atoms with Gasteiger partial charge < -0.3 is 4.90 Å². The van der Waals surface area contributed by atoms with Crippen molar-refractivity contribution < 1.29 is 0 Å². The molecule has 27 heavy (non-hydrogen) atoms. The summed E-state index contributed by atoms with van der Waals surface area (Å²) < 4.78 is 1.56. The van der Waals surface area contributed by atoms with Crippen LogP contribution in [-0.4, -0.2) is 29.1 Å². The van der Waals surface area contributed by atoms with E-state index in [1.54, 1.807) is 10.9 Å². The average molecular weight is 362 g/mol. The smallest absolute Gasteiger partial charge is 0.280 e. The van der Waals surface area contributed by atoms with Crippen LogP contribution >= 0.6 is 0 Å². The lowest BCUT2D eigenvalue weighted by Crippen LogP contribution is -2.21. The highest BCUT2D eigenvalue weighted by Gasteiger charge is 2.10. The Morgan fingerprint density at radius 1 is 1.00 bits per heavy atom. The molecule has 0 spiro atoms. The summed E-state index contributed by atoms with van der Waals surface area (Å²) in [7, 11) is 0. The number of H-pyrrole nitrogens is 1.